The van der Waals surface area contributed by atoms with E-state index in [0.717, 1.165) is 24.7 Å². The van der Waals surface area contributed by atoms with Crippen LogP contribution in [0.1, 0.15) is 45.9 Å². The van der Waals surface area contributed by atoms with Gasteiger partial charge in [0.25, 0.3) is 0 Å². The molecule has 1 aromatic heterocycles. The van der Waals surface area contributed by atoms with Gasteiger partial charge in [0.1, 0.15) is 12.2 Å². The van der Waals surface area contributed by atoms with E-state index < -0.39 is 0 Å². The molecule has 0 amide bonds. The van der Waals surface area contributed by atoms with Gasteiger partial charge in [-0.05, 0) is 18.9 Å². The maximum absolute atomic E-state index is 4.33. The Hall–Kier alpha value is -0.900. The summed E-state index contributed by atoms with van der Waals surface area (Å²) in [6.07, 6.45) is 6.23. The van der Waals surface area contributed by atoms with Crippen molar-refractivity contribution in [2.24, 2.45) is 13.0 Å². The Bertz CT molecular complexity index is 304. The number of hydrogen-bond donors (Lipinski definition) is 1. The van der Waals surface area contributed by atoms with E-state index in [4.69, 9.17) is 0 Å². The van der Waals surface area contributed by atoms with Gasteiger partial charge in [0.15, 0.2) is 0 Å². The van der Waals surface area contributed by atoms with Crippen molar-refractivity contribution < 1.29 is 0 Å². The Morgan fingerprint density at radius 1 is 1.29 bits per heavy atom. The van der Waals surface area contributed by atoms with Crippen LogP contribution in [0.25, 0.3) is 0 Å². The highest BCUT2D eigenvalue weighted by Gasteiger charge is 2.19. The molecule has 0 aliphatic rings. The number of rotatable bonds is 8. The first-order chi connectivity index (χ1) is 8.22. The fourth-order valence-corrected chi connectivity index (χ4v) is 2.29. The highest BCUT2D eigenvalue weighted by Crippen LogP contribution is 2.16. The number of aromatic nitrogens is 3. The molecule has 98 valence electrons. The molecule has 0 bridgehead atoms. The van der Waals surface area contributed by atoms with Crippen molar-refractivity contribution in [1.29, 1.82) is 0 Å². The lowest BCUT2D eigenvalue weighted by Crippen LogP contribution is -2.38. The van der Waals surface area contributed by atoms with Crippen molar-refractivity contribution in [1.82, 2.24) is 20.1 Å². The predicted molar refractivity (Wildman–Crippen MR) is 70.9 cm³/mol. The molecule has 17 heavy (non-hydrogen) atoms. The normalized spacial score (nSPS) is 13.2. The summed E-state index contributed by atoms with van der Waals surface area (Å²) >= 11 is 0. The van der Waals surface area contributed by atoms with Crippen LogP contribution in [0.4, 0.5) is 0 Å². The molecule has 1 aromatic rings. The van der Waals surface area contributed by atoms with Gasteiger partial charge >= 0.3 is 0 Å². The fraction of sp³-hybridized carbons (Fsp3) is 0.846. The summed E-state index contributed by atoms with van der Waals surface area (Å²) in [7, 11) is 1.96. The summed E-state index contributed by atoms with van der Waals surface area (Å²) in [6.45, 7) is 7.83. The first-order valence-electron chi connectivity index (χ1n) is 6.79. The van der Waals surface area contributed by atoms with Gasteiger partial charge in [-0.15, -0.1) is 0 Å². The van der Waals surface area contributed by atoms with Gasteiger partial charge in [0.05, 0.1) is 0 Å². The van der Waals surface area contributed by atoms with Crippen LogP contribution in [0.5, 0.6) is 0 Å². The molecule has 1 heterocycles. The second-order valence-electron chi connectivity index (χ2n) is 4.64. The largest absolute Gasteiger partial charge is 0.313 e. The smallest absolute Gasteiger partial charge is 0.138 e. The summed E-state index contributed by atoms with van der Waals surface area (Å²) in [4.78, 5) is 4.33. The van der Waals surface area contributed by atoms with Gasteiger partial charge in [-0.1, -0.05) is 33.6 Å². The average molecular weight is 238 g/mol. The zero-order valence-electron chi connectivity index (χ0n) is 11.6. The lowest BCUT2D eigenvalue weighted by atomic mass is 9.91. The van der Waals surface area contributed by atoms with Crippen LogP contribution in [0, 0.1) is 5.92 Å². The van der Waals surface area contributed by atoms with E-state index in [9.17, 15) is 0 Å². The van der Waals surface area contributed by atoms with Crippen molar-refractivity contribution in [2.75, 3.05) is 6.54 Å². The minimum Gasteiger partial charge on any atom is -0.313 e. The molecule has 4 heteroatoms. The van der Waals surface area contributed by atoms with E-state index >= 15 is 0 Å². The molecule has 1 N–H and O–H groups in total. The third-order valence-electron chi connectivity index (χ3n) is 3.48. The highest BCUT2D eigenvalue weighted by atomic mass is 15.3. The standard InChI is InChI=1S/C13H26N4/c1-5-8-14-12(11(6-2)7-3)9-13-15-10-16-17(13)4/h10-12,14H,5-9H2,1-4H3. The Balaban J connectivity index is 2.65. The van der Waals surface area contributed by atoms with Gasteiger partial charge in [-0.25, -0.2) is 4.98 Å². The molecule has 1 unspecified atom stereocenters. The van der Waals surface area contributed by atoms with Gasteiger partial charge in [0.2, 0.25) is 0 Å². The van der Waals surface area contributed by atoms with Crippen LogP contribution < -0.4 is 5.32 Å². The average Bonchev–Trinajstić information content (AvgIpc) is 2.73. The van der Waals surface area contributed by atoms with Crippen LogP contribution >= 0.6 is 0 Å². The Morgan fingerprint density at radius 2 is 2.00 bits per heavy atom. The van der Waals surface area contributed by atoms with Gasteiger partial charge in [-0.2, -0.15) is 5.10 Å². The number of nitrogens with one attached hydrogen (secondary N) is 1. The second kappa shape index (κ2) is 7.43. The maximum atomic E-state index is 4.33. The monoisotopic (exact) mass is 238 g/mol. The summed E-state index contributed by atoms with van der Waals surface area (Å²) in [5.74, 6) is 1.80. The molecule has 0 saturated heterocycles. The highest BCUT2D eigenvalue weighted by molar-refractivity contribution is 4.91. The number of aryl methyl sites for hydroxylation is 1. The molecule has 0 saturated carbocycles. The third kappa shape index (κ3) is 4.11. The second-order valence-corrected chi connectivity index (χ2v) is 4.64. The van der Waals surface area contributed by atoms with Crippen LogP contribution in [-0.4, -0.2) is 27.4 Å². The lowest BCUT2D eigenvalue weighted by Gasteiger charge is -2.26. The molecule has 1 rings (SSSR count). The molecule has 0 radical (unpaired) electrons. The van der Waals surface area contributed by atoms with Crippen molar-refractivity contribution in [2.45, 2.75) is 52.5 Å². The molecule has 0 spiro atoms. The summed E-state index contributed by atoms with van der Waals surface area (Å²) in [5.41, 5.74) is 0. The van der Waals surface area contributed by atoms with Crippen LogP contribution in [0.15, 0.2) is 6.33 Å². The maximum Gasteiger partial charge on any atom is 0.138 e. The molecule has 0 aromatic carbocycles. The molecule has 0 fully saturated rings. The van der Waals surface area contributed by atoms with Crippen LogP contribution in [-0.2, 0) is 13.5 Å². The van der Waals surface area contributed by atoms with Crippen molar-refractivity contribution in [3.05, 3.63) is 12.2 Å². The Kier molecular flexibility index (Phi) is 6.19. The molecule has 4 nitrogen and oxygen atoms in total. The zero-order chi connectivity index (χ0) is 12.7. The minimum atomic E-state index is 0.521. The fourth-order valence-electron chi connectivity index (χ4n) is 2.29. The topological polar surface area (TPSA) is 42.7 Å². The van der Waals surface area contributed by atoms with Crippen molar-refractivity contribution in [3.8, 4) is 0 Å². The van der Waals surface area contributed by atoms with Crippen molar-refractivity contribution >= 4 is 0 Å². The summed E-state index contributed by atoms with van der Waals surface area (Å²) in [6, 6.07) is 0.521. The third-order valence-corrected chi connectivity index (χ3v) is 3.48. The van der Waals surface area contributed by atoms with E-state index in [2.05, 4.69) is 36.2 Å². The van der Waals surface area contributed by atoms with E-state index in [1.165, 1.54) is 19.3 Å². The van der Waals surface area contributed by atoms with E-state index in [1.54, 1.807) is 6.33 Å². The van der Waals surface area contributed by atoms with E-state index in [0.29, 0.717) is 6.04 Å². The first-order valence-corrected chi connectivity index (χ1v) is 6.79. The van der Waals surface area contributed by atoms with Crippen LogP contribution in [0.3, 0.4) is 0 Å². The molecule has 1 atom stereocenters. The van der Waals surface area contributed by atoms with Crippen LogP contribution in [0.2, 0.25) is 0 Å². The Labute approximate surface area is 105 Å². The molecule has 0 aliphatic carbocycles. The van der Waals surface area contributed by atoms with Gasteiger partial charge in [-0.3, -0.25) is 4.68 Å². The minimum absolute atomic E-state index is 0.521. The molecular formula is C13H26N4. The van der Waals surface area contributed by atoms with E-state index in [-0.39, 0.29) is 0 Å². The van der Waals surface area contributed by atoms with Gasteiger partial charge < -0.3 is 5.32 Å². The molecular weight excluding hydrogens is 212 g/mol. The van der Waals surface area contributed by atoms with E-state index in [1.807, 2.05) is 11.7 Å². The zero-order valence-corrected chi connectivity index (χ0v) is 11.6. The molecule has 0 aliphatic heterocycles. The van der Waals surface area contributed by atoms with Gasteiger partial charge in [0, 0.05) is 19.5 Å². The van der Waals surface area contributed by atoms with Crippen molar-refractivity contribution in [3.63, 3.8) is 0 Å². The Morgan fingerprint density at radius 3 is 2.47 bits per heavy atom. The number of nitrogens with zero attached hydrogens (tertiary/aromatic N) is 3. The quantitative estimate of drug-likeness (QED) is 0.754. The predicted octanol–water partition coefficient (Wildman–Crippen LogP) is 2.16. The summed E-state index contributed by atoms with van der Waals surface area (Å²) < 4.78 is 1.88. The number of hydrogen-bond acceptors (Lipinski definition) is 3. The SMILES string of the molecule is CCCNC(Cc1ncnn1C)C(CC)CC. The summed E-state index contributed by atoms with van der Waals surface area (Å²) in [5, 5.41) is 7.79. The lowest BCUT2D eigenvalue weighted by molar-refractivity contribution is 0.325. The first kappa shape index (κ1) is 14.2.